The number of hydrogen-bond acceptors (Lipinski definition) is 4. The number of nitrogens with one attached hydrogen (secondary N) is 1. The molecule has 1 saturated heterocycles. The number of piperidine rings is 1. The van der Waals surface area contributed by atoms with Gasteiger partial charge < -0.3 is 15.1 Å². The molecule has 0 aromatic carbocycles. The van der Waals surface area contributed by atoms with Gasteiger partial charge in [-0.25, -0.2) is 4.98 Å². The topological polar surface area (TPSA) is 82.6 Å². The maximum Gasteiger partial charge on any atom is 0.230 e. The largest absolute Gasteiger partial charge is 0.343 e. The van der Waals surface area contributed by atoms with Crippen molar-refractivity contribution in [3.05, 3.63) is 23.4 Å². The van der Waals surface area contributed by atoms with E-state index in [0.29, 0.717) is 43.2 Å². The van der Waals surface area contributed by atoms with Crippen LogP contribution in [0.15, 0.2) is 18.3 Å². The smallest absolute Gasteiger partial charge is 0.230 e. The van der Waals surface area contributed by atoms with E-state index in [-0.39, 0.29) is 23.6 Å². The van der Waals surface area contributed by atoms with E-state index in [1.54, 1.807) is 17.0 Å². The van der Waals surface area contributed by atoms with Crippen molar-refractivity contribution in [2.45, 2.75) is 58.8 Å². The third-order valence-electron chi connectivity index (χ3n) is 5.24. The Morgan fingerprint density at radius 1 is 1.20 bits per heavy atom. The number of rotatable bonds is 10. The molecule has 0 spiro atoms. The van der Waals surface area contributed by atoms with Gasteiger partial charge in [0.15, 0.2) is 0 Å². The highest BCUT2D eigenvalue weighted by atomic mass is 35.5. The lowest BCUT2D eigenvalue weighted by Crippen LogP contribution is -2.43. The Kier molecular flexibility index (Phi) is 10.1. The summed E-state index contributed by atoms with van der Waals surface area (Å²) >= 11 is 5.82. The number of aromatic nitrogens is 1. The first-order chi connectivity index (χ1) is 14.4. The molecule has 0 saturated carbocycles. The molecule has 0 radical (unpaired) electrons. The van der Waals surface area contributed by atoms with Gasteiger partial charge in [-0.3, -0.25) is 14.4 Å². The fourth-order valence-electron chi connectivity index (χ4n) is 3.70. The third-order valence-corrected chi connectivity index (χ3v) is 5.47. The Morgan fingerprint density at radius 3 is 2.57 bits per heavy atom. The predicted octanol–water partition coefficient (Wildman–Crippen LogP) is 3.73. The molecule has 166 valence electrons. The zero-order valence-corrected chi connectivity index (χ0v) is 18.8. The van der Waals surface area contributed by atoms with Gasteiger partial charge in [0.2, 0.25) is 17.7 Å². The van der Waals surface area contributed by atoms with E-state index in [9.17, 15) is 14.4 Å². The molecule has 30 heavy (non-hydrogen) atoms. The number of anilines is 1. The van der Waals surface area contributed by atoms with Crippen LogP contribution in [0.25, 0.3) is 0 Å². The number of amides is 3. The van der Waals surface area contributed by atoms with Crippen molar-refractivity contribution < 1.29 is 14.4 Å². The summed E-state index contributed by atoms with van der Waals surface area (Å²) in [6.07, 6.45) is 6.17. The fraction of sp³-hybridized carbons (Fsp3) is 0.636. The van der Waals surface area contributed by atoms with E-state index in [1.165, 1.54) is 6.20 Å². The SMILES string of the molecule is CCCN(CCC)C(=O)CCCC(=O)N1CCCC(C(=O)Nc2ccc(Cl)cn2)C1. The molecule has 3 amide bonds. The van der Waals surface area contributed by atoms with Crippen LogP contribution in [0.5, 0.6) is 0 Å². The van der Waals surface area contributed by atoms with Gasteiger partial charge in [0.25, 0.3) is 0 Å². The first kappa shape index (κ1) is 24.1. The fourth-order valence-corrected chi connectivity index (χ4v) is 3.82. The average molecular weight is 437 g/mol. The molecular formula is C22H33ClN4O3. The standard InChI is InChI=1S/C22H33ClN4O3/c1-3-12-26(13-4-2)20(28)8-5-9-21(29)27-14-6-7-17(16-27)22(30)25-19-11-10-18(23)15-24-19/h10-11,15,17H,3-9,12-14,16H2,1-2H3,(H,24,25,30). The molecule has 1 N–H and O–H groups in total. The van der Waals surface area contributed by atoms with E-state index < -0.39 is 0 Å². The van der Waals surface area contributed by atoms with Crippen LogP contribution in [0.3, 0.4) is 0 Å². The number of nitrogens with zero attached hydrogens (tertiary/aromatic N) is 3. The van der Waals surface area contributed by atoms with Gasteiger partial charge in [-0.05, 0) is 44.2 Å². The summed E-state index contributed by atoms with van der Waals surface area (Å²) in [6.45, 7) is 6.73. The molecule has 0 aliphatic carbocycles. The lowest BCUT2D eigenvalue weighted by Gasteiger charge is -2.32. The van der Waals surface area contributed by atoms with Crippen LogP contribution in [-0.2, 0) is 14.4 Å². The van der Waals surface area contributed by atoms with Gasteiger partial charge in [0.1, 0.15) is 5.82 Å². The van der Waals surface area contributed by atoms with Crippen molar-refractivity contribution >= 4 is 35.1 Å². The molecule has 0 bridgehead atoms. The third kappa shape index (κ3) is 7.59. The van der Waals surface area contributed by atoms with Gasteiger partial charge in [-0.1, -0.05) is 25.4 Å². The molecule has 7 nitrogen and oxygen atoms in total. The summed E-state index contributed by atoms with van der Waals surface area (Å²) in [5.41, 5.74) is 0. The molecule has 1 aromatic heterocycles. The predicted molar refractivity (Wildman–Crippen MR) is 118 cm³/mol. The average Bonchev–Trinajstić information content (AvgIpc) is 2.75. The second kappa shape index (κ2) is 12.5. The normalized spacial score (nSPS) is 16.2. The maximum absolute atomic E-state index is 12.6. The second-order valence-corrected chi connectivity index (χ2v) is 8.20. The molecule has 1 aromatic rings. The Labute approximate surface area is 184 Å². The summed E-state index contributed by atoms with van der Waals surface area (Å²) in [5.74, 6) is 0.203. The minimum Gasteiger partial charge on any atom is -0.343 e. The quantitative estimate of drug-likeness (QED) is 0.605. The van der Waals surface area contributed by atoms with Crippen LogP contribution in [0, 0.1) is 5.92 Å². The van der Waals surface area contributed by atoms with Crippen molar-refractivity contribution in [3.8, 4) is 0 Å². The Morgan fingerprint density at radius 2 is 1.93 bits per heavy atom. The summed E-state index contributed by atoms with van der Waals surface area (Å²) < 4.78 is 0. The maximum atomic E-state index is 12.6. The highest BCUT2D eigenvalue weighted by Crippen LogP contribution is 2.20. The van der Waals surface area contributed by atoms with Crippen molar-refractivity contribution in [1.29, 1.82) is 0 Å². The van der Waals surface area contributed by atoms with Crippen LogP contribution in [0.2, 0.25) is 5.02 Å². The summed E-state index contributed by atoms with van der Waals surface area (Å²) in [5, 5.41) is 3.30. The van der Waals surface area contributed by atoms with Crippen LogP contribution in [0.4, 0.5) is 5.82 Å². The van der Waals surface area contributed by atoms with Gasteiger partial charge in [0, 0.05) is 45.2 Å². The van der Waals surface area contributed by atoms with E-state index in [0.717, 1.165) is 38.8 Å². The number of hydrogen-bond donors (Lipinski definition) is 1. The van der Waals surface area contributed by atoms with Gasteiger partial charge in [-0.15, -0.1) is 0 Å². The highest BCUT2D eigenvalue weighted by Gasteiger charge is 2.28. The molecular weight excluding hydrogens is 404 g/mol. The van der Waals surface area contributed by atoms with Gasteiger partial charge >= 0.3 is 0 Å². The second-order valence-electron chi connectivity index (χ2n) is 7.76. The summed E-state index contributed by atoms with van der Waals surface area (Å²) in [7, 11) is 0. The first-order valence-corrected chi connectivity index (χ1v) is 11.3. The number of carbonyl (C=O) groups excluding carboxylic acids is 3. The molecule has 1 aliphatic heterocycles. The Balaban J connectivity index is 1.78. The van der Waals surface area contributed by atoms with E-state index in [4.69, 9.17) is 11.6 Å². The van der Waals surface area contributed by atoms with Gasteiger partial charge in [0.05, 0.1) is 10.9 Å². The molecule has 1 atom stereocenters. The molecule has 1 unspecified atom stereocenters. The number of carbonyl (C=O) groups is 3. The highest BCUT2D eigenvalue weighted by molar-refractivity contribution is 6.30. The summed E-state index contributed by atoms with van der Waals surface area (Å²) in [4.78, 5) is 45.2. The molecule has 1 aliphatic rings. The molecule has 2 heterocycles. The van der Waals surface area contributed by atoms with Crippen molar-refractivity contribution in [2.75, 3.05) is 31.5 Å². The van der Waals surface area contributed by atoms with Crippen molar-refractivity contribution in [2.24, 2.45) is 5.92 Å². The summed E-state index contributed by atoms with van der Waals surface area (Å²) in [6, 6.07) is 3.33. The van der Waals surface area contributed by atoms with Crippen molar-refractivity contribution in [1.82, 2.24) is 14.8 Å². The number of pyridine rings is 1. The zero-order valence-electron chi connectivity index (χ0n) is 18.0. The monoisotopic (exact) mass is 436 g/mol. The number of halogens is 1. The lowest BCUT2D eigenvalue weighted by atomic mass is 9.96. The first-order valence-electron chi connectivity index (χ1n) is 10.9. The van der Waals surface area contributed by atoms with E-state index >= 15 is 0 Å². The van der Waals surface area contributed by atoms with Crippen LogP contribution in [0.1, 0.15) is 58.8 Å². The molecule has 1 fully saturated rings. The van der Waals surface area contributed by atoms with Crippen LogP contribution < -0.4 is 5.32 Å². The Hall–Kier alpha value is -2.15. The zero-order chi connectivity index (χ0) is 21.9. The Bertz CT molecular complexity index is 705. The van der Waals surface area contributed by atoms with Crippen LogP contribution in [-0.4, -0.2) is 58.7 Å². The molecule has 8 heteroatoms. The van der Waals surface area contributed by atoms with Crippen LogP contribution >= 0.6 is 11.6 Å². The minimum atomic E-state index is -0.258. The molecule has 2 rings (SSSR count). The lowest BCUT2D eigenvalue weighted by molar-refractivity contribution is -0.135. The van der Waals surface area contributed by atoms with E-state index in [2.05, 4.69) is 24.1 Å². The van der Waals surface area contributed by atoms with E-state index in [1.807, 2.05) is 4.90 Å². The minimum absolute atomic E-state index is 0.0162. The number of likely N-dealkylation sites (tertiary alicyclic amines) is 1. The van der Waals surface area contributed by atoms with Gasteiger partial charge in [-0.2, -0.15) is 0 Å². The van der Waals surface area contributed by atoms with Crippen molar-refractivity contribution in [3.63, 3.8) is 0 Å².